The minimum Gasteiger partial charge on any atom is -0.480 e. The summed E-state index contributed by atoms with van der Waals surface area (Å²) >= 11 is 4.36. The Labute approximate surface area is 605 Å². The summed E-state index contributed by atoms with van der Waals surface area (Å²) in [7, 11) is 1.59. The summed E-state index contributed by atoms with van der Waals surface area (Å²) in [5.41, 5.74) is 68.8. The number of nitrogens with one attached hydrogen (secondary N) is 5. The van der Waals surface area contributed by atoms with Gasteiger partial charge in [-0.1, -0.05) is 13.8 Å². The molecule has 4 amide bonds. The quantitative estimate of drug-likeness (QED) is 0.00675. The third-order valence-corrected chi connectivity index (χ3v) is 13.5. The molecule has 1 rings (SSSR count). The molecule has 1 fully saturated rings. The summed E-state index contributed by atoms with van der Waals surface area (Å²) in [6.45, 7) is 6.72. The van der Waals surface area contributed by atoms with Crippen molar-refractivity contribution in [1.82, 2.24) is 26.7 Å². The summed E-state index contributed by atoms with van der Waals surface area (Å²) in [5, 5.41) is 120. The number of rotatable bonds is 42. The second-order valence-corrected chi connectivity index (χ2v) is 24.4. The number of amides is 4. The molecular weight excluding hydrogens is 1450 g/mol. The van der Waals surface area contributed by atoms with E-state index < -0.39 is 138 Å². The van der Waals surface area contributed by atoms with Crippen molar-refractivity contribution in [3.05, 3.63) is 0 Å². The van der Waals surface area contributed by atoms with Crippen LogP contribution in [0.4, 0.5) is 9.59 Å². The first kappa shape index (κ1) is 113. The van der Waals surface area contributed by atoms with Gasteiger partial charge in [0.15, 0.2) is 5.96 Å². The minimum absolute atomic E-state index is 0.0417. The fraction of sp³-hybridized carbons (Fsp3) is 0.768. The number of guanidine groups is 1. The smallest absolute Gasteiger partial charge is 0.320 e. The van der Waals surface area contributed by atoms with Crippen LogP contribution in [0.3, 0.4) is 0 Å². The van der Waals surface area contributed by atoms with E-state index in [0.29, 0.717) is 162 Å². The van der Waals surface area contributed by atoms with Crippen molar-refractivity contribution >= 4 is 105 Å². The van der Waals surface area contributed by atoms with E-state index in [9.17, 15) is 62.6 Å². The van der Waals surface area contributed by atoms with E-state index >= 15 is 0 Å². The normalized spacial score (nSPS) is 14.7. The number of urea groups is 2. The second-order valence-electron chi connectivity index (χ2n) is 21.8. The number of aliphatic imine (C=N–C) groups is 1. The van der Waals surface area contributed by atoms with Crippen LogP contribution in [0.5, 0.6) is 0 Å². The van der Waals surface area contributed by atoms with Crippen molar-refractivity contribution in [2.45, 2.75) is 207 Å². The van der Waals surface area contributed by atoms with Gasteiger partial charge in [0, 0.05) is 45.2 Å². The summed E-state index contributed by atoms with van der Waals surface area (Å²) in [6.07, 6.45) is 7.89. The monoisotopic (exact) mass is 1570 g/mol. The van der Waals surface area contributed by atoms with Crippen molar-refractivity contribution in [3.63, 3.8) is 0 Å². The number of aliphatic hydroxyl groups excluding tert-OH is 2. The molecule has 0 aromatic carbocycles. The minimum atomic E-state index is -1.03. The number of unbranched alkanes of at least 4 members (excludes halogenated alkanes) is 3. The molecule has 0 bridgehead atoms. The average molecular weight is 1570 g/mol. The molecule has 11 unspecified atom stereocenters. The Bertz CT molecular complexity index is 2230. The number of nitrogens with two attached hydrogens (primary N) is 13. The van der Waals surface area contributed by atoms with E-state index in [4.69, 9.17) is 136 Å². The van der Waals surface area contributed by atoms with Gasteiger partial charge in [0.1, 0.15) is 42.3 Å². The molecule has 0 spiro atoms. The Morgan fingerprint density at radius 1 is 0.539 bits per heavy atom. The second kappa shape index (κ2) is 77.9. The number of hydrogen-bond donors (Lipinski definition) is 32. The largest absolute Gasteiger partial charge is 0.480 e. The number of aliphatic carboxylic acids is 10. The van der Waals surface area contributed by atoms with Gasteiger partial charge in [0.25, 0.3) is 0 Å². The Morgan fingerprint density at radius 2 is 0.902 bits per heavy atom. The van der Waals surface area contributed by atoms with Crippen molar-refractivity contribution in [3.8, 4) is 0 Å². The summed E-state index contributed by atoms with van der Waals surface area (Å²) in [4.78, 5) is 125. The molecule has 0 aromatic rings. The van der Waals surface area contributed by atoms with Crippen LogP contribution in [0.1, 0.15) is 129 Å². The zero-order chi connectivity index (χ0) is 81.5. The van der Waals surface area contributed by atoms with Crippen LogP contribution in [0.15, 0.2) is 4.99 Å². The van der Waals surface area contributed by atoms with Crippen molar-refractivity contribution < 1.29 is 124 Å². The molecule has 102 heavy (non-hydrogen) atoms. The SMILES string of the molecule is CC(C)CC(N)C(O)CC(=O)O.CNCC(=O)O.C[Se]CCC(N)C(=O)O.NC(=O)NCCCC(N)C(=O)O.NC(=O)NCCCCC(N)C(=O)O.NC(CCCCNO)C(=O)O.NC(CCS)C(=O)O.NC(N)=NCCCCC(N)C(=O)O.NCCCC(N)C(=O)O.O=C(O)C1CC(O)CN1. The van der Waals surface area contributed by atoms with E-state index in [1.807, 2.05) is 19.3 Å². The number of carboxylic acids is 10. The Morgan fingerprint density at radius 3 is 1.17 bits per heavy atom. The predicted molar refractivity (Wildman–Crippen MR) is 381 cm³/mol. The molecule has 0 radical (unpaired) electrons. The summed E-state index contributed by atoms with van der Waals surface area (Å²) in [5.74, 6) is -6.46. The van der Waals surface area contributed by atoms with E-state index in [0.717, 1.165) is 18.2 Å². The molecule has 44 N–H and O–H groups in total. The van der Waals surface area contributed by atoms with Crippen LogP contribution >= 0.6 is 12.6 Å². The van der Waals surface area contributed by atoms with Gasteiger partial charge in [-0.05, 0) is 122 Å². The van der Waals surface area contributed by atoms with Crippen LogP contribution in [0, 0.1) is 5.92 Å². The molecule has 44 nitrogen and oxygen atoms in total. The number of β-amino-alcohol motifs (C(OH)–C–C–N with tert-alkyl or cyclic N) is 1. The first-order valence-corrected chi connectivity index (χ1v) is 35.1. The van der Waals surface area contributed by atoms with Gasteiger partial charge in [-0.15, -0.1) is 0 Å². The fourth-order valence-electron chi connectivity index (χ4n) is 6.16. The van der Waals surface area contributed by atoms with Crippen LogP contribution in [-0.4, -0.2) is 284 Å². The van der Waals surface area contributed by atoms with Gasteiger partial charge in [0.2, 0.25) is 0 Å². The number of hydroxylamine groups is 1. The van der Waals surface area contributed by atoms with Gasteiger partial charge in [-0.3, -0.25) is 48.1 Å². The molecule has 604 valence electrons. The number of carboxylic acid groups (broad SMARTS) is 10. The van der Waals surface area contributed by atoms with E-state index in [1.54, 1.807) is 7.05 Å². The zero-order valence-electron chi connectivity index (χ0n) is 58.5. The molecule has 11 atom stereocenters. The molecule has 1 heterocycles. The van der Waals surface area contributed by atoms with Gasteiger partial charge in [-0.25, -0.2) is 15.1 Å². The number of aliphatic hydroxyl groups is 2. The third kappa shape index (κ3) is 99.2. The third-order valence-electron chi connectivity index (χ3n) is 11.9. The van der Waals surface area contributed by atoms with Gasteiger partial charge in [0.05, 0.1) is 25.2 Å². The van der Waals surface area contributed by atoms with Gasteiger partial charge in [-0.2, -0.15) is 12.6 Å². The van der Waals surface area contributed by atoms with Crippen molar-refractivity contribution in [1.29, 1.82) is 0 Å². The average Bonchev–Trinajstić information content (AvgIpc) is 1.75. The van der Waals surface area contributed by atoms with E-state index in [2.05, 4.69) is 44.7 Å². The summed E-state index contributed by atoms with van der Waals surface area (Å²) in [6, 6.07) is -7.50. The van der Waals surface area contributed by atoms with Crippen LogP contribution in [0.25, 0.3) is 0 Å². The van der Waals surface area contributed by atoms with Crippen molar-refractivity contribution in [2.24, 2.45) is 85.4 Å². The number of primary amides is 2. The van der Waals surface area contributed by atoms with E-state index in [-0.39, 0.29) is 18.9 Å². The van der Waals surface area contributed by atoms with E-state index in [1.165, 1.54) is 0 Å². The summed E-state index contributed by atoms with van der Waals surface area (Å²) < 4.78 is 0. The fourth-order valence-corrected chi connectivity index (χ4v) is 7.47. The first-order chi connectivity index (χ1) is 47.2. The van der Waals surface area contributed by atoms with Gasteiger partial charge < -0.3 is 151 Å². The predicted octanol–water partition coefficient (Wildman–Crippen LogP) is -6.43. The molecule has 0 aromatic heterocycles. The Kier molecular flexibility index (Phi) is 86.5. The number of thiol groups is 1. The van der Waals surface area contributed by atoms with Crippen molar-refractivity contribution in [2.75, 3.05) is 58.6 Å². The number of likely N-dealkylation sites (N-methyl/N-ethyl adjacent to an activating group) is 1. The standard InChI is InChI=1S/C8H17NO3.C7H16N4O2.C7H15N3O3.C6H13N3O3.C6H14N2O3.C5H12N2O2.C5H9NO3.C5H11NO2Se.C4H9NO2S.C3H7NO2/c1-5(2)3-6(9)7(10)4-8(11)12;8-5(6(12)13)3-1-2-4-11-7(9)10;8-5(6(11)12)3-1-2-4-10-7(9)13;7-4(5(10)11)2-1-3-9-6(8)12;7-5(6(9)10)3-1-2-4-8-11;6-3-1-2-4(7)5(8)9;7-3-1-4(5(8)9)6-2-3;1-9-3-2-4(6)5(7)8;5-3(1-2-8)4(6)7;1-4-2-3(5)6/h5-7,10H,3-4,9H2,1-2H3,(H,11,12);5H,1-4,8H2,(H,12,13)(H4,9,10,11);5H,1-4,8H2,(H,11,12)(H3,9,10,13);4H,1-3,7H2,(H,10,11)(H3,8,9,12);5,8,11H,1-4,7H2,(H,9,10);4H,1-3,6-7H2,(H,8,9);3-4,6-7H,1-2H2,(H,8,9);4H,2-3,6H2,1H3,(H,7,8);3,8H,1-2,5H2,(H,6,7);4H,2H2,1H3,(H,5,6). The number of nitrogens with zero attached hydrogens (tertiary/aromatic N) is 1. The van der Waals surface area contributed by atoms with Crippen LogP contribution in [-0.2, 0) is 47.9 Å². The van der Waals surface area contributed by atoms with Gasteiger partial charge >= 0.3 is 126 Å². The number of hydrogen-bond acceptors (Lipinski definition) is 29. The Hall–Kier alpha value is -7.22. The van der Waals surface area contributed by atoms with Crippen LogP contribution in [0.2, 0.25) is 11.1 Å². The first-order valence-electron chi connectivity index (χ1n) is 31.6. The van der Waals surface area contributed by atoms with Crippen LogP contribution < -0.4 is 101 Å². The maximum absolute atomic E-state index is 10.3. The number of carbonyl (C=O) groups excluding carboxylic acids is 2. The topological polar surface area (TPSA) is 879 Å². The Balaban J connectivity index is -0.000000135. The molecule has 1 aliphatic rings. The molecule has 1 saturated heterocycles. The molecule has 46 heteroatoms. The molecule has 0 saturated carbocycles. The molecule has 1 aliphatic heterocycles. The maximum atomic E-state index is 10.3. The molecule has 0 aliphatic carbocycles. The maximum Gasteiger partial charge on any atom is 0.320 e. The zero-order valence-corrected chi connectivity index (χ0v) is 61.1. The number of carbonyl (C=O) groups is 12. The molecular formula is C56H123N19O25SSe.